The number of hydrogen-bond acceptors (Lipinski definition) is 5. The molecule has 0 aliphatic carbocycles. The summed E-state index contributed by atoms with van der Waals surface area (Å²) in [7, 11) is 0. The van der Waals surface area contributed by atoms with E-state index < -0.39 is 5.82 Å². The van der Waals surface area contributed by atoms with Crippen molar-refractivity contribution in [3.63, 3.8) is 0 Å². The molecule has 0 saturated heterocycles. The Kier molecular flexibility index (Phi) is 4.67. The molecule has 7 heteroatoms. The number of aromatic nitrogens is 2. The smallest absolute Gasteiger partial charge is 0.175 e. The fraction of sp³-hybridized carbons (Fsp3) is 0.261. The molecule has 30 heavy (non-hydrogen) atoms. The van der Waals surface area contributed by atoms with Gasteiger partial charge in [-0.2, -0.15) is 0 Å². The molecule has 4 aromatic rings. The van der Waals surface area contributed by atoms with Crippen molar-refractivity contribution in [1.82, 2.24) is 9.97 Å². The maximum atomic E-state index is 15.1. The summed E-state index contributed by atoms with van der Waals surface area (Å²) >= 11 is 0. The molecule has 0 radical (unpaired) electrons. The van der Waals surface area contributed by atoms with Crippen LogP contribution in [0, 0.1) is 12.7 Å². The number of ether oxygens (including phenoxy) is 3. The Balaban J connectivity index is 1.59. The first-order chi connectivity index (χ1) is 14.7. The van der Waals surface area contributed by atoms with Crippen molar-refractivity contribution in [2.45, 2.75) is 19.8 Å². The number of fused-ring (bicyclic) bond motifs is 4. The molecule has 2 N–H and O–H groups in total. The number of hydrogen-bond donors (Lipinski definition) is 2. The summed E-state index contributed by atoms with van der Waals surface area (Å²) < 4.78 is 32.7. The molecule has 1 aliphatic rings. The maximum absolute atomic E-state index is 15.1. The van der Waals surface area contributed by atoms with Crippen LogP contribution in [0.1, 0.15) is 17.7 Å². The number of aliphatic hydroxyl groups excluding tert-OH is 1. The van der Waals surface area contributed by atoms with E-state index >= 15 is 4.39 Å². The first kappa shape index (κ1) is 18.7. The average molecular weight is 408 g/mol. The van der Waals surface area contributed by atoms with Gasteiger partial charge in [0.05, 0.1) is 24.1 Å². The molecule has 3 heterocycles. The van der Waals surface area contributed by atoms with Gasteiger partial charge in [0.15, 0.2) is 23.1 Å². The van der Waals surface area contributed by atoms with Crippen LogP contribution in [-0.4, -0.2) is 34.9 Å². The second-order valence-electron chi connectivity index (χ2n) is 7.30. The average Bonchev–Trinajstić information content (AvgIpc) is 3.37. The molecule has 0 spiro atoms. The van der Waals surface area contributed by atoms with Gasteiger partial charge >= 0.3 is 0 Å². The van der Waals surface area contributed by atoms with Crippen molar-refractivity contribution in [3.05, 3.63) is 53.6 Å². The molecule has 0 bridgehead atoms. The number of aryl methyl sites for hydroxylation is 1. The molecule has 5 rings (SSSR count). The van der Waals surface area contributed by atoms with Gasteiger partial charge in [-0.3, -0.25) is 4.98 Å². The summed E-state index contributed by atoms with van der Waals surface area (Å²) in [5.41, 5.74) is 3.25. The third kappa shape index (κ3) is 3.11. The van der Waals surface area contributed by atoms with Gasteiger partial charge in [0.2, 0.25) is 0 Å². The van der Waals surface area contributed by atoms with Crippen LogP contribution in [0.4, 0.5) is 4.39 Å². The summed E-state index contributed by atoms with van der Waals surface area (Å²) in [5, 5.41) is 10.3. The Bertz CT molecular complexity index is 1250. The van der Waals surface area contributed by atoms with Crippen LogP contribution in [0.25, 0.3) is 21.8 Å². The number of nitrogens with one attached hydrogen (secondary N) is 1. The van der Waals surface area contributed by atoms with Crippen molar-refractivity contribution in [1.29, 1.82) is 0 Å². The van der Waals surface area contributed by atoms with Gasteiger partial charge in [-0.1, -0.05) is 0 Å². The van der Waals surface area contributed by atoms with E-state index in [-0.39, 0.29) is 12.4 Å². The number of pyridine rings is 1. The van der Waals surface area contributed by atoms with E-state index in [4.69, 9.17) is 19.3 Å². The number of nitrogens with zero attached hydrogens (tertiary/aromatic N) is 1. The lowest BCUT2D eigenvalue weighted by Gasteiger charge is -2.15. The topological polar surface area (TPSA) is 76.6 Å². The Morgan fingerprint density at radius 1 is 1.20 bits per heavy atom. The highest BCUT2D eigenvalue weighted by molar-refractivity contribution is 5.93. The van der Waals surface area contributed by atoms with E-state index in [9.17, 15) is 0 Å². The SMILES string of the molecule is Cc1cc2c(F)c(Oc3ccnc4cc(OCCCO)c5c(c34)CCO5)ccc2[nH]1. The fourth-order valence-electron chi connectivity index (χ4n) is 3.90. The summed E-state index contributed by atoms with van der Waals surface area (Å²) in [5.74, 6) is 1.54. The predicted octanol–water partition coefficient (Wildman–Crippen LogP) is 4.65. The lowest BCUT2D eigenvalue weighted by atomic mass is 10.0. The number of H-pyrrole nitrogens is 1. The summed E-state index contributed by atoms with van der Waals surface area (Å²) in [4.78, 5) is 7.59. The van der Waals surface area contributed by atoms with Crippen LogP contribution in [-0.2, 0) is 6.42 Å². The van der Waals surface area contributed by atoms with Crippen molar-refractivity contribution in [2.75, 3.05) is 19.8 Å². The quantitative estimate of drug-likeness (QED) is 0.454. The molecule has 2 aromatic carbocycles. The Morgan fingerprint density at radius 2 is 2.10 bits per heavy atom. The second kappa shape index (κ2) is 7.50. The minimum absolute atomic E-state index is 0.0590. The van der Waals surface area contributed by atoms with Gasteiger partial charge in [-0.15, -0.1) is 0 Å². The molecule has 6 nitrogen and oxygen atoms in total. The minimum Gasteiger partial charge on any atom is -0.490 e. The van der Waals surface area contributed by atoms with Crippen LogP contribution in [0.3, 0.4) is 0 Å². The van der Waals surface area contributed by atoms with Crippen LogP contribution in [0.5, 0.6) is 23.0 Å². The summed E-state index contributed by atoms with van der Waals surface area (Å²) in [6, 6.07) is 8.75. The molecular weight excluding hydrogens is 387 g/mol. The molecule has 2 aromatic heterocycles. The fourth-order valence-corrected chi connectivity index (χ4v) is 3.90. The minimum atomic E-state index is -0.404. The number of rotatable bonds is 6. The summed E-state index contributed by atoms with van der Waals surface area (Å²) in [6.45, 7) is 2.86. The van der Waals surface area contributed by atoms with Crippen LogP contribution in [0.15, 0.2) is 36.5 Å². The van der Waals surface area contributed by atoms with Crippen molar-refractivity contribution < 1.29 is 23.7 Å². The monoisotopic (exact) mass is 408 g/mol. The molecule has 154 valence electrons. The highest BCUT2D eigenvalue weighted by Crippen LogP contribution is 2.45. The molecule has 0 saturated carbocycles. The third-order valence-corrected chi connectivity index (χ3v) is 5.22. The summed E-state index contributed by atoms with van der Waals surface area (Å²) in [6.07, 6.45) is 2.85. The zero-order chi connectivity index (χ0) is 20.7. The standard InChI is InChI=1S/C23H21FN2O4/c1-13-11-15-16(26-13)3-4-19(22(15)24)30-18-5-7-25-17-12-20(28-9-2-8-27)23-14(21(17)18)6-10-29-23/h3-5,7,11-12,26-27H,2,6,8-10H2,1H3. The van der Waals surface area contributed by atoms with E-state index in [1.54, 1.807) is 30.5 Å². The Labute approximate surface area is 172 Å². The van der Waals surface area contributed by atoms with Gasteiger partial charge in [0.1, 0.15) is 5.75 Å². The molecule has 0 fully saturated rings. The highest BCUT2D eigenvalue weighted by atomic mass is 19.1. The van der Waals surface area contributed by atoms with Gasteiger partial charge in [0, 0.05) is 53.9 Å². The molecular formula is C23H21FN2O4. The Morgan fingerprint density at radius 3 is 2.97 bits per heavy atom. The number of aliphatic hydroxyl groups is 1. The number of aromatic amines is 1. The maximum Gasteiger partial charge on any atom is 0.175 e. The second-order valence-corrected chi connectivity index (χ2v) is 7.30. The van der Waals surface area contributed by atoms with Crippen LogP contribution < -0.4 is 14.2 Å². The van der Waals surface area contributed by atoms with E-state index in [0.29, 0.717) is 54.2 Å². The van der Waals surface area contributed by atoms with E-state index in [1.807, 2.05) is 13.0 Å². The van der Waals surface area contributed by atoms with Gasteiger partial charge in [-0.05, 0) is 31.2 Å². The molecule has 0 unspecified atom stereocenters. The number of halogens is 1. The van der Waals surface area contributed by atoms with E-state index in [2.05, 4.69) is 9.97 Å². The van der Waals surface area contributed by atoms with E-state index in [0.717, 1.165) is 22.2 Å². The highest BCUT2D eigenvalue weighted by Gasteiger charge is 2.24. The lowest BCUT2D eigenvalue weighted by molar-refractivity contribution is 0.227. The lowest BCUT2D eigenvalue weighted by Crippen LogP contribution is -2.02. The van der Waals surface area contributed by atoms with Crippen molar-refractivity contribution in [2.24, 2.45) is 0 Å². The molecule has 0 atom stereocenters. The van der Waals surface area contributed by atoms with Crippen LogP contribution >= 0.6 is 0 Å². The van der Waals surface area contributed by atoms with Gasteiger partial charge in [-0.25, -0.2) is 4.39 Å². The van der Waals surface area contributed by atoms with Gasteiger partial charge < -0.3 is 24.3 Å². The van der Waals surface area contributed by atoms with Crippen LogP contribution in [0.2, 0.25) is 0 Å². The largest absolute Gasteiger partial charge is 0.490 e. The van der Waals surface area contributed by atoms with Crippen molar-refractivity contribution in [3.8, 4) is 23.0 Å². The zero-order valence-electron chi connectivity index (χ0n) is 16.5. The predicted molar refractivity (Wildman–Crippen MR) is 111 cm³/mol. The molecule has 0 amide bonds. The van der Waals surface area contributed by atoms with Crippen molar-refractivity contribution >= 4 is 21.8 Å². The normalized spacial score (nSPS) is 12.9. The zero-order valence-corrected chi connectivity index (χ0v) is 16.5. The van der Waals surface area contributed by atoms with E-state index in [1.165, 1.54) is 0 Å². The Hall–Kier alpha value is -3.32. The first-order valence-corrected chi connectivity index (χ1v) is 9.92. The van der Waals surface area contributed by atoms with Gasteiger partial charge in [0.25, 0.3) is 0 Å². The first-order valence-electron chi connectivity index (χ1n) is 9.92. The third-order valence-electron chi connectivity index (χ3n) is 5.22. The molecule has 1 aliphatic heterocycles. The number of benzene rings is 2.